The molecule has 4 nitrogen and oxygen atoms in total. The highest BCUT2D eigenvalue weighted by atomic mass is 16.8. The van der Waals surface area contributed by atoms with E-state index in [1.54, 1.807) is 0 Å². The molecule has 0 spiro atoms. The van der Waals surface area contributed by atoms with Gasteiger partial charge >= 0.3 is 0 Å². The van der Waals surface area contributed by atoms with Crippen LogP contribution in [0.3, 0.4) is 0 Å². The molecule has 2 aliphatic rings. The van der Waals surface area contributed by atoms with Gasteiger partial charge in [0.1, 0.15) is 12.2 Å². The molecule has 15 heavy (non-hydrogen) atoms. The van der Waals surface area contributed by atoms with Gasteiger partial charge in [-0.15, -0.1) is 0 Å². The third kappa shape index (κ3) is 1.87. The number of rotatable bonds is 2. The summed E-state index contributed by atoms with van der Waals surface area (Å²) < 4.78 is 17.3. The maximum atomic E-state index is 8.71. The lowest BCUT2D eigenvalue weighted by Crippen LogP contribution is -2.29. The second-order valence-corrected chi connectivity index (χ2v) is 4.55. The maximum Gasteiger partial charge on any atom is 0.164 e. The maximum absolute atomic E-state index is 8.71. The summed E-state index contributed by atoms with van der Waals surface area (Å²) in [6, 6.07) is 2.13. The predicted octanol–water partition coefficient (Wildman–Crippen LogP) is 1.60. The summed E-state index contributed by atoms with van der Waals surface area (Å²) in [6.45, 7) is 5.87. The second-order valence-electron chi connectivity index (χ2n) is 4.55. The third-order valence-corrected chi connectivity index (χ3v) is 2.94. The number of fused-ring (bicyclic) bond motifs is 1. The van der Waals surface area contributed by atoms with E-state index in [4.69, 9.17) is 19.5 Å². The van der Waals surface area contributed by atoms with Gasteiger partial charge in [0.05, 0.1) is 24.7 Å². The fourth-order valence-electron chi connectivity index (χ4n) is 2.35. The minimum absolute atomic E-state index is 0.0108. The van der Waals surface area contributed by atoms with E-state index < -0.39 is 5.79 Å². The van der Waals surface area contributed by atoms with E-state index in [0.29, 0.717) is 6.42 Å². The Morgan fingerprint density at radius 2 is 1.80 bits per heavy atom. The first-order chi connectivity index (χ1) is 7.07. The van der Waals surface area contributed by atoms with Crippen LogP contribution in [0, 0.1) is 11.3 Å². The number of hydrogen-bond donors (Lipinski definition) is 0. The Bertz CT molecular complexity index is 284. The zero-order chi connectivity index (χ0) is 11.1. The molecule has 0 aromatic heterocycles. The molecule has 4 heteroatoms. The number of hydrogen-bond acceptors (Lipinski definition) is 4. The molecule has 0 amide bonds. The van der Waals surface area contributed by atoms with Crippen molar-refractivity contribution in [3.8, 4) is 6.07 Å². The van der Waals surface area contributed by atoms with Gasteiger partial charge in [0.15, 0.2) is 5.79 Å². The predicted molar refractivity (Wildman–Crippen MR) is 53.0 cm³/mol. The molecular formula is C11H17NO3. The highest BCUT2D eigenvalue weighted by molar-refractivity contribution is 5.00. The van der Waals surface area contributed by atoms with Gasteiger partial charge in [-0.2, -0.15) is 5.26 Å². The van der Waals surface area contributed by atoms with Crippen molar-refractivity contribution in [2.75, 3.05) is 0 Å². The standard InChI is InChI=1S/C11H17NO3/c1-4-7-9-10(8(13-7)5-6-12)15-11(2,3)14-9/h7-10H,4-5H2,1-3H3/t7-,8?,9-,10+/m1/s1. The highest BCUT2D eigenvalue weighted by Crippen LogP contribution is 2.40. The van der Waals surface area contributed by atoms with Crippen molar-refractivity contribution in [3.05, 3.63) is 0 Å². The number of ether oxygens (including phenoxy) is 3. The SMILES string of the molecule is CC[C@H]1OC(CC#N)[C@@H]2OC(C)(C)O[C@H]12. The van der Waals surface area contributed by atoms with Crippen LogP contribution in [0.1, 0.15) is 33.6 Å². The topological polar surface area (TPSA) is 51.5 Å². The Labute approximate surface area is 90.1 Å². The monoisotopic (exact) mass is 211 g/mol. The molecule has 4 atom stereocenters. The molecule has 2 rings (SSSR count). The van der Waals surface area contributed by atoms with E-state index in [2.05, 4.69) is 13.0 Å². The lowest BCUT2D eigenvalue weighted by molar-refractivity contribution is -0.186. The third-order valence-electron chi connectivity index (χ3n) is 2.94. The molecule has 0 aromatic rings. The first-order valence-electron chi connectivity index (χ1n) is 5.45. The van der Waals surface area contributed by atoms with Gasteiger partial charge in [0.2, 0.25) is 0 Å². The molecule has 0 bridgehead atoms. The first-order valence-corrected chi connectivity index (χ1v) is 5.45. The second kappa shape index (κ2) is 3.75. The largest absolute Gasteiger partial charge is 0.368 e. The van der Waals surface area contributed by atoms with Crippen LogP contribution in [0.25, 0.3) is 0 Å². The van der Waals surface area contributed by atoms with Crippen molar-refractivity contribution < 1.29 is 14.2 Å². The summed E-state index contributed by atoms with van der Waals surface area (Å²) >= 11 is 0. The molecule has 0 saturated carbocycles. The van der Waals surface area contributed by atoms with Crippen LogP contribution in [0.4, 0.5) is 0 Å². The Hall–Kier alpha value is -0.630. The van der Waals surface area contributed by atoms with Gasteiger partial charge < -0.3 is 14.2 Å². The van der Waals surface area contributed by atoms with Crippen LogP contribution < -0.4 is 0 Å². The van der Waals surface area contributed by atoms with Gasteiger partial charge in [-0.05, 0) is 20.3 Å². The van der Waals surface area contributed by atoms with Crippen molar-refractivity contribution in [1.29, 1.82) is 5.26 Å². The minimum atomic E-state index is -0.541. The lowest BCUT2D eigenvalue weighted by atomic mass is 10.1. The smallest absolute Gasteiger partial charge is 0.164 e. The summed E-state index contributed by atoms with van der Waals surface area (Å²) in [7, 11) is 0. The van der Waals surface area contributed by atoms with Crippen molar-refractivity contribution in [2.45, 2.75) is 63.8 Å². The molecule has 84 valence electrons. The summed E-state index contributed by atoms with van der Waals surface area (Å²) in [4.78, 5) is 0. The Morgan fingerprint density at radius 1 is 1.20 bits per heavy atom. The van der Waals surface area contributed by atoms with Gasteiger partial charge in [0.25, 0.3) is 0 Å². The number of nitrogens with zero attached hydrogens (tertiary/aromatic N) is 1. The zero-order valence-corrected chi connectivity index (χ0v) is 9.40. The zero-order valence-electron chi connectivity index (χ0n) is 9.40. The fourth-order valence-corrected chi connectivity index (χ4v) is 2.35. The Balaban J connectivity index is 2.12. The van der Waals surface area contributed by atoms with E-state index >= 15 is 0 Å². The first kappa shape index (κ1) is 10.9. The van der Waals surface area contributed by atoms with E-state index in [9.17, 15) is 0 Å². The summed E-state index contributed by atoms with van der Waals surface area (Å²) in [5.74, 6) is -0.541. The highest BCUT2D eigenvalue weighted by Gasteiger charge is 2.54. The summed E-state index contributed by atoms with van der Waals surface area (Å²) in [6.07, 6.45) is 1.11. The molecule has 2 aliphatic heterocycles. The minimum Gasteiger partial charge on any atom is -0.368 e. The fraction of sp³-hybridized carbons (Fsp3) is 0.909. The molecule has 0 aliphatic carbocycles. The number of nitriles is 1. The van der Waals surface area contributed by atoms with Crippen LogP contribution >= 0.6 is 0 Å². The molecule has 1 unspecified atom stereocenters. The van der Waals surface area contributed by atoms with Gasteiger partial charge in [-0.25, -0.2) is 0 Å². The van der Waals surface area contributed by atoms with Crippen LogP contribution in [0.15, 0.2) is 0 Å². The van der Waals surface area contributed by atoms with E-state index in [1.807, 2.05) is 13.8 Å². The molecule has 0 N–H and O–H groups in total. The van der Waals surface area contributed by atoms with Gasteiger partial charge in [0, 0.05) is 0 Å². The molecular weight excluding hydrogens is 194 g/mol. The molecule has 2 saturated heterocycles. The van der Waals surface area contributed by atoms with Gasteiger partial charge in [-0.3, -0.25) is 0 Å². The van der Waals surface area contributed by atoms with E-state index in [0.717, 1.165) is 6.42 Å². The van der Waals surface area contributed by atoms with Crippen LogP contribution in [0.2, 0.25) is 0 Å². The summed E-state index contributed by atoms with van der Waals surface area (Å²) in [5, 5.41) is 8.71. The van der Waals surface area contributed by atoms with Crippen molar-refractivity contribution in [3.63, 3.8) is 0 Å². The molecule has 2 heterocycles. The molecule has 2 fully saturated rings. The van der Waals surface area contributed by atoms with E-state index in [-0.39, 0.29) is 24.4 Å². The Kier molecular flexibility index (Phi) is 2.72. The van der Waals surface area contributed by atoms with Crippen molar-refractivity contribution in [1.82, 2.24) is 0 Å². The van der Waals surface area contributed by atoms with Crippen LogP contribution in [0.5, 0.6) is 0 Å². The summed E-state index contributed by atoms with van der Waals surface area (Å²) in [5.41, 5.74) is 0. The Morgan fingerprint density at radius 3 is 2.33 bits per heavy atom. The van der Waals surface area contributed by atoms with Crippen LogP contribution in [-0.2, 0) is 14.2 Å². The van der Waals surface area contributed by atoms with Crippen molar-refractivity contribution in [2.24, 2.45) is 0 Å². The van der Waals surface area contributed by atoms with E-state index in [1.165, 1.54) is 0 Å². The molecule has 0 radical (unpaired) electrons. The van der Waals surface area contributed by atoms with Crippen molar-refractivity contribution >= 4 is 0 Å². The average molecular weight is 211 g/mol. The quantitative estimate of drug-likeness (QED) is 0.696. The normalized spacial score (nSPS) is 42.5. The van der Waals surface area contributed by atoms with Gasteiger partial charge in [-0.1, -0.05) is 6.92 Å². The average Bonchev–Trinajstić information content (AvgIpc) is 2.61. The molecule has 0 aromatic carbocycles. The lowest BCUT2D eigenvalue weighted by Gasteiger charge is -2.22. The van der Waals surface area contributed by atoms with Crippen LogP contribution in [-0.4, -0.2) is 30.2 Å².